The molecule has 0 saturated carbocycles. The van der Waals surface area contributed by atoms with E-state index in [9.17, 15) is 14.7 Å². The second-order valence-electron chi connectivity index (χ2n) is 4.30. The minimum absolute atomic E-state index is 0.0646. The van der Waals surface area contributed by atoms with Gasteiger partial charge in [0.1, 0.15) is 5.69 Å². The van der Waals surface area contributed by atoms with Gasteiger partial charge in [-0.3, -0.25) is 4.79 Å². The Labute approximate surface area is 118 Å². The topological polar surface area (TPSA) is 59.3 Å². The number of hydrogen-bond acceptors (Lipinski definition) is 2. The summed E-state index contributed by atoms with van der Waals surface area (Å²) in [5.41, 5.74) is 2.20. The van der Waals surface area contributed by atoms with E-state index < -0.39 is 5.97 Å². The monoisotopic (exact) mass is 321 g/mol. The number of aromatic nitrogens is 1. The maximum absolute atomic E-state index is 11.4. The first kappa shape index (κ1) is 13.5. The summed E-state index contributed by atoms with van der Waals surface area (Å²) in [7, 11) is 0. The van der Waals surface area contributed by atoms with E-state index in [1.165, 1.54) is 17.6 Å². The molecule has 0 bridgehead atoms. The van der Waals surface area contributed by atoms with E-state index in [0.717, 1.165) is 10.0 Å². The summed E-state index contributed by atoms with van der Waals surface area (Å²) < 4.78 is 2.28. The Hall–Kier alpha value is -1.88. The number of hydrogen-bond donors (Lipinski definition) is 1. The van der Waals surface area contributed by atoms with E-state index in [1.807, 2.05) is 25.1 Å². The normalized spacial score (nSPS) is 10.5. The molecule has 2 rings (SSSR count). The van der Waals surface area contributed by atoms with Crippen molar-refractivity contribution in [3.05, 3.63) is 51.8 Å². The highest BCUT2D eigenvalue weighted by Gasteiger charge is 2.17. The van der Waals surface area contributed by atoms with Crippen molar-refractivity contribution in [1.82, 2.24) is 4.57 Å². The summed E-state index contributed by atoms with van der Waals surface area (Å²) in [6, 6.07) is 6.99. The van der Waals surface area contributed by atoms with Crippen LogP contribution >= 0.6 is 15.9 Å². The summed E-state index contributed by atoms with van der Waals surface area (Å²) in [6.07, 6.45) is 1.54. The van der Waals surface area contributed by atoms with E-state index in [2.05, 4.69) is 15.9 Å². The zero-order valence-electron chi connectivity index (χ0n) is 10.5. The number of carboxylic acids is 1. The van der Waals surface area contributed by atoms with Gasteiger partial charge in [0, 0.05) is 16.2 Å². The molecule has 0 fully saturated rings. The van der Waals surface area contributed by atoms with Crippen molar-refractivity contribution >= 4 is 27.7 Å². The first-order valence-electron chi connectivity index (χ1n) is 5.63. The molecule has 19 heavy (non-hydrogen) atoms. The first-order valence-corrected chi connectivity index (χ1v) is 6.42. The predicted octanol–water partition coefficient (Wildman–Crippen LogP) is 3.45. The summed E-state index contributed by atoms with van der Waals surface area (Å²) >= 11 is 3.41. The third-order valence-electron chi connectivity index (χ3n) is 2.81. The van der Waals surface area contributed by atoms with Crippen LogP contribution in [-0.2, 0) is 0 Å². The molecule has 0 atom stereocenters. The lowest BCUT2D eigenvalue weighted by molar-refractivity contribution is 0.0688. The van der Waals surface area contributed by atoms with Crippen LogP contribution in [0.15, 0.2) is 34.9 Å². The van der Waals surface area contributed by atoms with Crippen molar-refractivity contribution in [2.45, 2.75) is 13.8 Å². The molecule has 0 spiro atoms. The van der Waals surface area contributed by atoms with Crippen molar-refractivity contribution in [2.75, 3.05) is 0 Å². The number of aryl methyl sites for hydroxylation is 1. The molecule has 1 aromatic carbocycles. The van der Waals surface area contributed by atoms with Crippen molar-refractivity contribution in [2.24, 2.45) is 0 Å². The van der Waals surface area contributed by atoms with E-state index >= 15 is 0 Å². The number of halogens is 1. The molecular weight excluding hydrogens is 310 g/mol. The van der Waals surface area contributed by atoms with Gasteiger partial charge >= 0.3 is 5.97 Å². The lowest BCUT2D eigenvalue weighted by Gasteiger charge is -2.09. The summed E-state index contributed by atoms with van der Waals surface area (Å²) in [6.45, 7) is 3.36. The minimum Gasteiger partial charge on any atom is -0.477 e. The molecule has 1 aromatic heterocycles. The molecule has 0 aliphatic rings. The summed E-state index contributed by atoms with van der Waals surface area (Å²) in [4.78, 5) is 22.6. The number of nitrogens with zero attached hydrogens (tertiary/aromatic N) is 1. The average molecular weight is 322 g/mol. The Balaban J connectivity index is 2.66. The number of ketones is 1. The maximum Gasteiger partial charge on any atom is 0.352 e. The molecule has 4 nitrogen and oxygen atoms in total. The predicted molar refractivity (Wildman–Crippen MR) is 75.2 cm³/mol. The summed E-state index contributed by atoms with van der Waals surface area (Å²) in [5.74, 6) is -1.23. The average Bonchev–Trinajstić information content (AvgIpc) is 2.73. The fourth-order valence-electron chi connectivity index (χ4n) is 1.83. The molecule has 0 radical (unpaired) electrons. The summed E-state index contributed by atoms with van der Waals surface area (Å²) in [5, 5.41) is 9.22. The highest BCUT2D eigenvalue weighted by atomic mass is 79.9. The quantitative estimate of drug-likeness (QED) is 0.881. The number of benzene rings is 1. The van der Waals surface area contributed by atoms with Gasteiger partial charge in [0.2, 0.25) is 0 Å². The van der Waals surface area contributed by atoms with Crippen LogP contribution in [0.3, 0.4) is 0 Å². The molecule has 0 saturated heterocycles. The van der Waals surface area contributed by atoms with Crippen LogP contribution in [0, 0.1) is 6.92 Å². The largest absolute Gasteiger partial charge is 0.477 e. The number of aromatic carboxylic acids is 1. The second-order valence-corrected chi connectivity index (χ2v) is 5.15. The maximum atomic E-state index is 11.4. The minimum atomic E-state index is -1.07. The molecule has 0 aliphatic heterocycles. The lowest BCUT2D eigenvalue weighted by atomic mass is 10.2. The number of Topliss-reactive ketones (excluding diaryl/α,β-unsaturated/α-hetero) is 1. The van der Waals surface area contributed by atoms with Crippen LogP contribution in [0.1, 0.15) is 33.3 Å². The lowest BCUT2D eigenvalue weighted by Crippen LogP contribution is -2.06. The smallest absolute Gasteiger partial charge is 0.352 e. The van der Waals surface area contributed by atoms with Crippen LogP contribution in [0.5, 0.6) is 0 Å². The van der Waals surface area contributed by atoms with Gasteiger partial charge in [0.15, 0.2) is 5.78 Å². The Morgan fingerprint density at radius 1 is 1.26 bits per heavy atom. The number of carboxylic acid groups (broad SMARTS) is 1. The SMILES string of the molecule is CC(=O)c1cc(C(=O)O)n(-c2ccc(C)cc2Br)c1. The Morgan fingerprint density at radius 3 is 2.47 bits per heavy atom. The van der Waals surface area contributed by atoms with Gasteiger partial charge in [-0.15, -0.1) is 0 Å². The Bertz CT molecular complexity index is 673. The van der Waals surface area contributed by atoms with Crippen LogP contribution in [0.2, 0.25) is 0 Å². The highest BCUT2D eigenvalue weighted by Crippen LogP contribution is 2.25. The fourth-order valence-corrected chi connectivity index (χ4v) is 2.51. The van der Waals surface area contributed by atoms with Crippen molar-refractivity contribution in [1.29, 1.82) is 0 Å². The van der Waals surface area contributed by atoms with Crippen LogP contribution in [-0.4, -0.2) is 21.4 Å². The zero-order valence-corrected chi connectivity index (χ0v) is 12.1. The number of carbonyl (C=O) groups is 2. The van der Waals surface area contributed by atoms with Gasteiger partial charge in [-0.25, -0.2) is 4.79 Å². The van der Waals surface area contributed by atoms with Crippen LogP contribution in [0.4, 0.5) is 0 Å². The third-order valence-corrected chi connectivity index (χ3v) is 3.44. The standard InChI is InChI=1S/C14H12BrNO3/c1-8-3-4-12(11(15)5-8)16-7-10(9(2)17)6-13(16)14(18)19/h3-7H,1-2H3,(H,18,19). The van der Waals surface area contributed by atoms with Crippen LogP contribution in [0.25, 0.3) is 5.69 Å². The highest BCUT2D eigenvalue weighted by molar-refractivity contribution is 9.10. The molecule has 2 aromatic rings. The Kier molecular flexibility index (Phi) is 3.57. The number of carbonyl (C=O) groups excluding carboxylic acids is 1. The van der Waals surface area contributed by atoms with Crippen molar-refractivity contribution < 1.29 is 14.7 Å². The molecular formula is C14H12BrNO3. The van der Waals surface area contributed by atoms with Crippen molar-refractivity contribution in [3.8, 4) is 5.69 Å². The molecule has 0 unspecified atom stereocenters. The van der Waals surface area contributed by atoms with Crippen molar-refractivity contribution in [3.63, 3.8) is 0 Å². The zero-order chi connectivity index (χ0) is 14.2. The fraction of sp³-hybridized carbons (Fsp3) is 0.143. The van der Waals surface area contributed by atoms with E-state index in [0.29, 0.717) is 11.3 Å². The van der Waals surface area contributed by atoms with E-state index in [-0.39, 0.29) is 11.5 Å². The van der Waals surface area contributed by atoms with E-state index in [4.69, 9.17) is 0 Å². The third kappa shape index (κ3) is 2.61. The van der Waals surface area contributed by atoms with Crippen LogP contribution < -0.4 is 0 Å². The Morgan fingerprint density at radius 2 is 1.95 bits per heavy atom. The van der Waals surface area contributed by atoms with Gasteiger partial charge in [-0.05, 0) is 53.5 Å². The van der Waals surface area contributed by atoms with E-state index in [1.54, 1.807) is 6.20 Å². The molecule has 0 amide bonds. The molecule has 1 N–H and O–H groups in total. The van der Waals surface area contributed by atoms with Gasteiger partial charge in [-0.2, -0.15) is 0 Å². The van der Waals surface area contributed by atoms with Gasteiger partial charge in [0.05, 0.1) is 5.69 Å². The molecule has 1 heterocycles. The molecule has 0 aliphatic carbocycles. The van der Waals surface area contributed by atoms with Gasteiger partial charge < -0.3 is 9.67 Å². The second kappa shape index (κ2) is 5.01. The van der Waals surface area contributed by atoms with Gasteiger partial charge in [0.25, 0.3) is 0 Å². The van der Waals surface area contributed by atoms with Gasteiger partial charge in [-0.1, -0.05) is 6.07 Å². The molecule has 5 heteroatoms. The first-order chi connectivity index (χ1) is 8.90. The molecule has 98 valence electrons. The number of rotatable bonds is 3.